The lowest BCUT2D eigenvalue weighted by molar-refractivity contribution is 0.558. The van der Waals surface area contributed by atoms with Crippen molar-refractivity contribution in [1.82, 2.24) is 0 Å². The first-order valence-electron chi connectivity index (χ1n) is 2.84. The van der Waals surface area contributed by atoms with Crippen LogP contribution in [0.4, 0.5) is 0 Å². The molecule has 0 fully saturated rings. The average Bonchev–Trinajstić information content (AvgIpc) is 2.04. The standard InChI is InChI=1S/C8H3BrO2/c9-8-3-1-2-6(4-10)7(8)5-11/h1-3H. The zero-order valence-electron chi connectivity index (χ0n) is 5.43. The van der Waals surface area contributed by atoms with Crippen LogP contribution in [0.15, 0.2) is 22.7 Å². The van der Waals surface area contributed by atoms with E-state index in [1.54, 1.807) is 24.7 Å². The summed E-state index contributed by atoms with van der Waals surface area (Å²) in [4.78, 5) is 20.5. The van der Waals surface area contributed by atoms with E-state index in [0.29, 0.717) is 4.47 Å². The molecule has 0 heterocycles. The average molecular weight is 211 g/mol. The quantitative estimate of drug-likeness (QED) is 0.740. The first kappa shape index (κ1) is 8.14. The summed E-state index contributed by atoms with van der Waals surface area (Å²) in [7, 11) is 0. The minimum atomic E-state index is 0.225. The molecule has 1 aromatic rings. The summed E-state index contributed by atoms with van der Waals surface area (Å²) in [6.07, 6.45) is 3.30. The second-order valence-corrected chi connectivity index (χ2v) is 2.72. The number of hydrogen-bond donors (Lipinski definition) is 0. The predicted molar refractivity (Wildman–Crippen MR) is 43.7 cm³/mol. The van der Waals surface area contributed by atoms with E-state index in [-0.39, 0.29) is 11.1 Å². The normalized spacial score (nSPS) is 9.18. The van der Waals surface area contributed by atoms with Crippen LogP contribution in [0.5, 0.6) is 0 Å². The van der Waals surface area contributed by atoms with Crippen LogP contribution < -0.4 is 0 Å². The molecule has 0 atom stereocenters. The maximum atomic E-state index is 10.3. The van der Waals surface area contributed by atoms with Crippen LogP contribution >= 0.6 is 15.9 Å². The Morgan fingerprint density at radius 1 is 1.18 bits per heavy atom. The molecule has 2 radical (unpaired) electrons. The van der Waals surface area contributed by atoms with Gasteiger partial charge in [-0.1, -0.05) is 28.1 Å². The highest BCUT2D eigenvalue weighted by atomic mass is 79.9. The van der Waals surface area contributed by atoms with Gasteiger partial charge >= 0.3 is 0 Å². The predicted octanol–water partition coefficient (Wildman–Crippen LogP) is 1.36. The summed E-state index contributed by atoms with van der Waals surface area (Å²) in [6, 6.07) is 4.84. The number of rotatable bonds is 2. The largest absolute Gasteiger partial charge is 0.285 e. The number of carbonyl (C=O) groups excluding carboxylic acids is 2. The van der Waals surface area contributed by atoms with E-state index in [4.69, 9.17) is 0 Å². The van der Waals surface area contributed by atoms with Crippen molar-refractivity contribution in [3.05, 3.63) is 33.8 Å². The Hall–Kier alpha value is -0.960. The van der Waals surface area contributed by atoms with E-state index in [1.807, 2.05) is 0 Å². The van der Waals surface area contributed by atoms with Gasteiger partial charge in [-0.3, -0.25) is 9.59 Å². The molecule has 0 aliphatic rings. The summed E-state index contributed by atoms with van der Waals surface area (Å²) in [5, 5.41) is 0. The lowest BCUT2D eigenvalue weighted by atomic mass is 10.1. The highest BCUT2D eigenvalue weighted by Crippen LogP contribution is 2.16. The molecule has 0 aromatic heterocycles. The third-order valence-electron chi connectivity index (χ3n) is 1.23. The maximum Gasteiger partial charge on any atom is 0.235 e. The molecule has 1 rings (SSSR count). The Bertz CT molecular complexity index is 294. The van der Waals surface area contributed by atoms with Crippen LogP contribution in [0.1, 0.15) is 11.1 Å². The highest BCUT2D eigenvalue weighted by molar-refractivity contribution is 9.10. The fourth-order valence-corrected chi connectivity index (χ4v) is 1.16. The second-order valence-electron chi connectivity index (χ2n) is 1.87. The van der Waals surface area contributed by atoms with Crippen molar-refractivity contribution in [2.75, 3.05) is 0 Å². The van der Waals surface area contributed by atoms with Gasteiger partial charge in [0.05, 0.1) is 5.56 Å². The van der Waals surface area contributed by atoms with Crippen molar-refractivity contribution in [1.29, 1.82) is 0 Å². The van der Waals surface area contributed by atoms with Crippen LogP contribution in [0.25, 0.3) is 0 Å². The van der Waals surface area contributed by atoms with Gasteiger partial charge in [-0.05, 0) is 6.07 Å². The van der Waals surface area contributed by atoms with E-state index in [2.05, 4.69) is 15.9 Å². The van der Waals surface area contributed by atoms with E-state index in [1.165, 1.54) is 6.07 Å². The zero-order valence-corrected chi connectivity index (χ0v) is 7.01. The summed E-state index contributed by atoms with van der Waals surface area (Å²) >= 11 is 3.11. The summed E-state index contributed by atoms with van der Waals surface area (Å²) in [5.41, 5.74) is 0.455. The molecule has 1 aromatic carbocycles. The van der Waals surface area contributed by atoms with Crippen molar-refractivity contribution in [3.8, 4) is 0 Å². The van der Waals surface area contributed by atoms with E-state index >= 15 is 0 Å². The van der Waals surface area contributed by atoms with Crippen LogP contribution in [0.3, 0.4) is 0 Å². The Morgan fingerprint density at radius 2 is 1.91 bits per heavy atom. The third kappa shape index (κ3) is 1.54. The Morgan fingerprint density at radius 3 is 2.36 bits per heavy atom. The first-order valence-corrected chi connectivity index (χ1v) is 3.63. The Kier molecular flexibility index (Phi) is 2.54. The fraction of sp³-hybridized carbons (Fsp3) is 0. The molecule has 3 heteroatoms. The van der Waals surface area contributed by atoms with Crippen molar-refractivity contribution in [2.45, 2.75) is 0 Å². The molecule has 0 aliphatic heterocycles. The van der Waals surface area contributed by atoms with Crippen LogP contribution in [-0.2, 0) is 9.59 Å². The molecule has 0 unspecified atom stereocenters. The lowest BCUT2D eigenvalue weighted by Crippen LogP contribution is -1.91. The monoisotopic (exact) mass is 210 g/mol. The van der Waals surface area contributed by atoms with Crippen LogP contribution in [-0.4, -0.2) is 12.6 Å². The molecule has 0 bridgehead atoms. The van der Waals surface area contributed by atoms with Gasteiger partial charge in [0.1, 0.15) is 0 Å². The first-order chi connectivity index (χ1) is 5.29. The minimum absolute atomic E-state index is 0.225. The molecule has 0 spiro atoms. The fourth-order valence-electron chi connectivity index (χ4n) is 0.713. The lowest BCUT2D eigenvalue weighted by Gasteiger charge is -1.95. The third-order valence-corrected chi connectivity index (χ3v) is 1.89. The van der Waals surface area contributed by atoms with Gasteiger partial charge in [0.25, 0.3) is 0 Å². The zero-order chi connectivity index (χ0) is 8.27. The molecule has 0 amide bonds. The molecule has 0 aliphatic carbocycles. The van der Waals surface area contributed by atoms with Gasteiger partial charge in [-0.25, -0.2) is 0 Å². The van der Waals surface area contributed by atoms with Gasteiger partial charge in [-0.2, -0.15) is 0 Å². The maximum absolute atomic E-state index is 10.3. The number of hydrogen-bond acceptors (Lipinski definition) is 2. The SMILES string of the molecule is O=[C]c1cccc(Br)c1[C]=O. The van der Waals surface area contributed by atoms with Crippen LogP contribution in [0.2, 0.25) is 0 Å². The minimum Gasteiger partial charge on any atom is -0.285 e. The molecule has 11 heavy (non-hydrogen) atoms. The van der Waals surface area contributed by atoms with Gasteiger partial charge in [-0.15, -0.1) is 0 Å². The van der Waals surface area contributed by atoms with Gasteiger partial charge in [0.2, 0.25) is 12.6 Å². The van der Waals surface area contributed by atoms with Gasteiger partial charge < -0.3 is 0 Å². The number of benzene rings is 1. The topological polar surface area (TPSA) is 34.1 Å². The number of halogens is 1. The molecular weight excluding hydrogens is 208 g/mol. The molecule has 2 nitrogen and oxygen atoms in total. The molecule has 54 valence electrons. The van der Waals surface area contributed by atoms with Gasteiger partial charge in [0, 0.05) is 10.0 Å². The molecule has 0 saturated heterocycles. The van der Waals surface area contributed by atoms with Crippen molar-refractivity contribution in [3.63, 3.8) is 0 Å². The van der Waals surface area contributed by atoms with E-state index in [9.17, 15) is 9.59 Å². The van der Waals surface area contributed by atoms with Crippen molar-refractivity contribution >= 4 is 28.5 Å². The summed E-state index contributed by atoms with van der Waals surface area (Å²) < 4.78 is 0.563. The van der Waals surface area contributed by atoms with Gasteiger partial charge in [0.15, 0.2) is 0 Å². The Balaban J connectivity index is 3.35. The Labute approximate surface area is 72.4 Å². The molecule has 0 N–H and O–H groups in total. The van der Waals surface area contributed by atoms with E-state index < -0.39 is 0 Å². The highest BCUT2D eigenvalue weighted by Gasteiger charge is 2.04. The summed E-state index contributed by atoms with van der Waals surface area (Å²) in [5.74, 6) is 0. The second kappa shape index (κ2) is 3.44. The molecular formula is C8H3BrO2. The van der Waals surface area contributed by atoms with E-state index in [0.717, 1.165) is 0 Å². The molecule has 0 saturated carbocycles. The smallest absolute Gasteiger partial charge is 0.235 e. The van der Waals surface area contributed by atoms with Crippen molar-refractivity contribution in [2.24, 2.45) is 0 Å². The van der Waals surface area contributed by atoms with Crippen molar-refractivity contribution < 1.29 is 9.59 Å². The summed E-state index contributed by atoms with van der Waals surface area (Å²) in [6.45, 7) is 0. The van der Waals surface area contributed by atoms with Crippen LogP contribution in [0, 0.1) is 0 Å².